The van der Waals surface area contributed by atoms with Crippen molar-refractivity contribution in [3.63, 3.8) is 0 Å². The van der Waals surface area contributed by atoms with Crippen LogP contribution in [0.25, 0.3) is 0 Å². The molecule has 0 bridgehead atoms. The average molecular weight is 416 g/mol. The van der Waals surface area contributed by atoms with Gasteiger partial charge in [0.2, 0.25) is 0 Å². The molecular formula is C18H17FePS3. The third-order valence-corrected chi connectivity index (χ3v) is 14.4. The van der Waals surface area contributed by atoms with Gasteiger partial charge < -0.3 is 0 Å². The van der Waals surface area contributed by atoms with E-state index in [4.69, 9.17) is 11.8 Å². The third-order valence-electron chi connectivity index (χ3n) is 3.42. The molecule has 1 aromatic carbocycles. The minimum Gasteiger partial charge on any atom is -0.105 e. The van der Waals surface area contributed by atoms with E-state index in [0.29, 0.717) is 0 Å². The van der Waals surface area contributed by atoms with E-state index >= 15 is 0 Å². The Morgan fingerprint density at radius 3 is 1.87 bits per heavy atom. The molecule has 0 saturated heterocycles. The second-order valence-electron chi connectivity index (χ2n) is 4.92. The van der Waals surface area contributed by atoms with Crippen molar-refractivity contribution < 1.29 is 17.1 Å². The fourth-order valence-corrected chi connectivity index (χ4v) is 10.9. The van der Waals surface area contributed by atoms with Crippen molar-refractivity contribution in [2.24, 2.45) is 0 Å². The van der Waals surface area contributed by atoms with Gasteiger partial charge in [0.05, 0.1) is 4.44 Å². The Morgan fingerprint density at radius 2 is 1.43 bits per heavy atom. The van der Waals surface area contributed by atoms with Crippen molar-refractivity contribution >= 4 is 39.0 Å². The molecule has 0 nitrogen and oxygen atoms in total. The van der Waals surface area contributed by atoms with Gasteiger partial charge in [-0.2, -0.15) is 0 Å². The summed E-state index contributed by atoms with van der Waals surface area (Å²) in [6.07, 6.45) is 18.6. The van der Waals surface area contributed by atoms with Crippen molar-refractivity contribution in [2.45, 2.75) is 11.5 Å². The first kappa shape index (κ1) is 19.4. The number of rotatable bonds is 1. The summed E-state index contributed by atoms with van der Waals surface area (Å²) in [7, 11) is 0. The topological polar surface area (TPSA) is 0 Å². The third kappa shape index (κ3) is 5.26. The molecule has 3 aliphatic rings. The van der Waals surface area contributed by atoms with E-state index in [1.165, 1.54) is 16.4 Å². The molecule has 2 aliphatic carbocycles. The Labute approximate surface area is 162 Å². The van der Waals surface area contributed by atoms with Crippen LogP contribution in [0.3, 0.4) is 0 Å². The number of hydrogen-bond acceptors (Lipinski definition) is 3. The van der Waals surface area contributed by atoms with Crippen molar-refractivity contribution in [1.82, 2.24) is 0 Å². The van der Waals surface area contributed by atoms with E-state index in [1.54, 1.807) is 0 Å². The molecule has 0 aromatic heterocycles. The van der Waals surface area contributed by atoms with Crippen molar-refractivity contribution in [3.05, 3.63) is 96.1 Å². The van der Waals surface area contributed by atoms with E-state index in [0.717, 1.165) is 11.5 Å². The van der Waals surface area contributed by atoms with Gasteiger partial charge in [-0.25, -0.2) is 0 Å². The Morgan fingerprint density at radius 1 is 0.826 bits per heavy atom. The molecule has 120 valence electrons. The first-order valence-electron chi connectivity index (χ1n) is 7.13. The van der Waals surface area contributed by atoms with Gasteiger partial charge in [-0.3, -0.25) is 0 Å². The largest absolute Gasteiger partial charge is 0.105 e. The zero-order chi connectivity index (χ0) is 15.3. The predicted molar refractivity (Wildman–Crippen MR) is 107 cm³/mol. The molecule has 0 spiro atoms. The van der Waals surface area contributed by atoms with Gasteiger partial charge in [0, 0.05) is 46.7 Å². The van der Waals surface area contributed by atoms with Crippen LogP contribution in [0.4, 0.5) is 0 Å². The van der Waals surface area contributed by atoms with Gasteiger partial charge in [0.1, 0.15) is 0 Å². The smallest absolute Gasteiger partial charge is 0.0853 e. The Hall–Kier alpha value is 0.0495. The normalized spacial score (nSPS) is 19.9. The fraction of sp³-hybridized carbons (Fsp3) is 0.111. The first-order valence-corrected chi connectivity index (χ1v) is 13.1. The summed E-state index contributed by atoms with van der Waals surface area (Å²) >= 11 is 9.90. The van der Waals surface area contributed by atoms with Crippen LogP contribution < -0.4 is 0 Å². The molecule has 0 unspecified atom stereocenters. The second kappa shape index (κ2) is 9.51. The van der Waals surface area contributed by atoms with Crippen LogP contribution in [0.5, 0.6) is 0 Å². The van der Waals surface area contributed by atoms with Gasteiger partial charge in [-0.05, 0) is 11.1 Å². The molecule has 0 fully saturated rings. The Balaban J connectivity index is 0.000000276. The average Bonchev–Trinajstić information content (AvgIpc) is 3.25. The number of hydrogen-bond donors (Lipinski definition) is 0. The van der Waals surface area contributed by atoms with Gasteiger partial charge >= 0.3 is 0 Å². The van der Waals surface area contributed by atoms with E-state index in [1.807, 2.05) is 53.5 Å². The standard InChI is InChI=1S/C13H12PS3.C5H5.Fe/c15-14(13-7-3-4-8-13)16-9-11-5-1-2-6-12(11)10-17-14;1-2-4-5-3-1;/h1-8H,9-10H2;1-5H;. The molecule has 1 aromatic rings. The van der Waals surface area contributed by atoms with Crippen LogP contribution in [0, 0.1) is 12.8 Å². The zero-order valence-electron chi connectivity index (χ0n) is 12.4. The number of allylic oxidation sites excluding steroid dienone is 8. The monoisotopic (exact) mass is 416 g/mol. The summed E-state index contributed by atoms with van der Waals surface area (Å²) in [6, 6.07) is 8.72. The number of fused-ring (bicyclic) bond motifs is 1. The minimum absolute atomic E-state index is 0. The van der Waals surface area contributed by atoms with E-state index < -0.39 is 4.44 Å². The van der Waals surface area contributed by atoms with E-state index in [2.05, 4.69) is 48.9 Å². The minimum atomic E-state index is -1.48. The van der Waals surface area contributed by atoms with Crippen LogP contribution >= 0.6 is 27.2 Å². The predicted octanol–water partition coefficient (Wildman–Crippen LogP) is 6.45. The van der Waals surface area contributed by atoms with Gasteiger partial charge in [-0.15, -0.1) is 22.8 Å². The summed E-state index contributed by atoms with van der Waals surface area (Å²) in [4.78, 5) is 0. The Bertz CT molecular complexity index is 663. The SMILES string of the molecule is S=P1(C2=C[CH]C=C2)SCc2ccccc2CS1.[CH]1C=CC=C1.[Fe]. The maximum atomic E-state index is 5.94. The number of benzene rings is 1. The zero-order valence-corrected chi connectivity index (χ0v) is 16.9. The molecule has 0 saturated carbocycles. The molecule has 2 radical (unpaired) electrons. The quantitative estimate of drug-likeness (QED) is 0.382. The van der Waals surface area contributed by atoms with Crippen LogP contribution in [0.2, 0.25) is 0 Å². The van der Waals surface area contributed by atoms with Gasteiger partial charge in [0.25, 0.3) is 0 Å². The summed E-state index contributed by atoms with van der Waals surface area (Å²) < 4.78 is -1.48. The van der Waals surface area contributed by atoms with Gasteiger partial charge in [0.15, 0.2) is 0 Å². The van der Waals surface area contributed by atoms with Gasteiger partial charge in [-0.1, -0.05) is 78.6 Å². The maximum Gasteiger partial charge on any atom is 0.0853 e. The van der Waals surface area contributed by atoms with Crippen LogP contribution in [-0.4, -0.2) is 0 Å². The molecule has 4 rings (SSSR count). The summed E-state index contributed by atoms with van der Waals surface area (Å²) in [6.45, 7) is 0. The molecule has 5 heteroatoms. The molecular weight excluding hydrogens is 399 g/mol. The molecule has 1 heterocycles. The fourth-order valence-electron chi connectivity index (χ4n) is 2.20. The molecule has 23 heavy (non-hydrogen) atoms. The maximum absolute atomic E-state index is 5.94. The van der Waals surface area contributed by atoms with Crippen LogP contribution in [0.1, 0.15) is 11.1 Å². The molecule has 1 aliphatic heterocycles. The van der Waals surface area contributed by atoms with Crippen molar-refractivity contribution in [3.8, 4) is 0 Å². The second-order valence-corrected chi connectivity index (χ2v) is 16.1. The summed E-state index contributed by atoms with van der Waals surface area (Å²) in [5.74, 6) is 2.12. The summed E-state index contributed by atoms with van der Waals surface area (Å²) in [5.41, 5.74) is 2.92. The van der Waals surface area contributed by atoms with E-state index in [9.17, 15) is 0 Å². The van der Waals surface area contributed by atoms with Crippen LogP contribution in [0.15, 0.2) is 72.1 Å². The Kier molecular flexibility index (Phi) is 8.01. The first-order chi connectivity index (χ1) is 10.8. The molecule has 0 N–H and O–H groups in total. The molecule has 0 atom stereocenters. The molecule has 0 amide bonds. The van der Waals surface area contributed by atoms with E-state index in [-0.39, 0.29) is 17.1 Å². The van der Waals surface area contributed by atoms with Crippen molar-refractivity contribution in [1.29, 1.82) is 0 Å². The van der Waals surface area contributed by atoms with Crippen LogP contribution in [-0.2, 0) is 40.4 Å². The summed E-state index contributed by atoms with van der Waals surface area (Å²) in [5, 5.41) is 1.37. The van der Waals surface area contributed by atoms with Crippen molar-refractivity contribution in [2.75, 3.05) is 0 Å².